The van der Waals surface area contributed by atoms with Crippen LogP contribution < -0.4 is 14.8 Å². The molecule has 29 heavy (non-hydrogen) atoms. The first kappa shape index (κ1) is 19.7. The summed E-state index contributed by atoms with van der Waals surface area (Å²) >= 11 is 7.22. The van der Waals surface area contributed by atoms with Crippen LogP contribution in [0.3, 0.4) is 0 Å². The fourth-order valence-corrected chi connectivity index (χ4v) is 5.27. The molecule has 0 aliphatic carbocycles. The van der Waals surface area contributed by atoms with Gasteiger partial charge in [0, 0.05) is 16.0 Å². The molecule has 0 saturated heterocycles. The van der Waals surface area contributed by atoms with Crippen molar-refractivity contribution in [1.29, 1.82) is 0 Å². The molecule has 0 radical (unpaired) electrons. The number of nitrogens with one attached hydrogen (secondary N) is 2. The van der Waals surface area contributed by atoms with E-state index in [9.17, 15) is 13.2 Å². The Morgan fingerprint density at radius 1 is 1.28 bits per heavy atom. The molecule has 10 heteroatoms. The maximum absolute atomic E-state index is 12.5. The average molecular weight is 450 g/mol. The molecule has 2 aromatic carbocycles. The van der Waals surface area contributed by atoms with Crippen LogP contribution in [0.5, 0.6) is 5.75 Å². The summed E-state index contributed by atoms with van der Waals surface area (Å²) < 4.78 is 32.9. The van der Waals surface area contributed by atoms with Gasteiger partial charge in [-0.3, -0.25) is 9.52 Å². The molecule has 2 heterocycles. The predicted octanol–water partition coefficient (Wildman–Crippen LogP) is 4.12. The SMILES string of the molecule is CC1Oc2ccc(-c3csc(NS(=O)(=O)Cc4ccccc4Cl)n3)cc2NC1=O. The monoisotopic (exact) mass is 449 g/mol. The molecule has 2 N–H and O–H groups in total. The van der Waals surface area contributed by atoms with E-state index in [2.05, 4.69) is 15.0 Å². The standard InChI is InChI=1S/C19H16ClN3O4S2/c1-11-18(24)21-15-8-12(6-7-17(15)27-11)16-9-28-19(22-16)23-29(25,26)10-13-4-2-3-5-14(13)20/h2-9,11H,10H2,1H3,(H,21,24)(H,22,23). The molecule has 1 aliphatic heterocycles. The largest absolute Gasteiger partial charge is 0.479 e. The zero-order chi connectivity index (χ0) is 20.6. The van der Waals surface area contributed by atoms with E-state index >= 15 is 0 Å². The first-order valence-electron chi connectivity index (χ1n) is 8.62. The van der Waals surface area contributed by atoms with E-state index in [1.807, 2.05) is 0 Å². The topological polar surface area (TPSA) is 97.4 Å². The lowest BCUT2D eigenvalue weighted by molar-refractivity contribution is -0.122. The number of carbonyl (C=O) groups is 1. The summed E-state index contributed by atoms with van der Waals surface area (Å²) in [4.78, 5) is 16.2. The molecule has 7 nitrogen and oxygen atoms in total. The van der Waals surface area contributed by atoms with Crippen molar-refractivity contribution in [3.63, 3.8) is 0 Å². The predicted molar refractivity (Wildman–Crippen MR) is 114 cm³/mol. The van der Waals surface area contributed by atoms with Crippen molar-refractivity contribution >= 4 is 49.7 Å². The molecule has 1 aliphatic rings. The van der Waals surface area contributed by atoms with Crippen LogP contribution in [0.2, 0.25) is 5.02 Å². The Morgan fingerprint density at radius 3 is 2.86 bits per heavy atom. The Bertz CT molecular complexity index is 1190. The Morgan fingerprint density at radius 2 is 2.07 bits per heavy atom. The normalized spacial score (nSPS) is 15.9. The van der Waals surface area contributed by atoms with Crippen molar-refractivity contribution in [3.05, 3.63) is 58.4 Å². The first-order chi connectivity index (χ1) is 13.8. The van der Waals surface area contributed by atoms with Gasteiger partial charge in [-0.1, -0.05) is 29.8 Å². The van der Waals surface area contributed by atoms with E-state index in [4.69, 9.17) is 16.3 Å². The lowest BCUT2D eigenvalue weighted by atomic mass is 10.1. The number of halogens is 1. The highest BCUT2D eigenvalue weighted by Crippen LogP contribution is 2.35. The van der Waals surface area contributed by atoms with E-state index in [-0.39, 0.29) is 16.8 Å². The van der Waals surface area contributed by atoms with E-state index in [0.29, 0.717) is 27.7 Å². The summed E-state index contributed by atoms with van der Waals surface area (Å²) in [7, 11) is -3.67. The van der Waals surface area contributed by atoms with Crippen LogP contribution in [-0.2, 0) is 20.6 Å². The Kier molecular flexibility index (Phi) is 5.20. The number of ether oxygens (including phenoxy) is 1. The van der Waals surface area contributed by atoms with Crippen molar-refractivity contribution in [2.24, 2.45) is 0 Å². The molecule has 1 unspecified atom stereocenters. The van der Waals surface area contributed by atoms with Gasteiger partial charge in [-0.2, -0.15) is 0 Å². The van der Waals surface area contributed by atoms with Crippen molar-refractivity contribution in [2.45, 2.75) is 18.8 Å². The van der Waals surface area contributed by atoms with Gasteiger partial charge in [0.05, 0.1) is 17.1 Å². The molecule has 1 atom stereocenters. The number of hydrogen-bond acceptors (Lipinski definition) is 6. The van der Waals surface area contributed by atoms with Crippen LogP contribution in [0.25, 0.3) is 11.3 Å². The quantitative estimate of drug-likeness (QED) is 0.610. The number of carbonyl (C=O) groups excluding carboxylic acids is 1. The summed E-state index contributed by atoms with van der Waals surface area (Å²) in [5, 5.41) is 5.17. The van der Waals surface area contributed by atoms with Crippen LogP contribution in [0.4, 0.5) is 10.8 Å². The first-order valence-corrected chi connectivity index (χ1v) is 11.5. The van der Waals surface area contributed by atoms with Gasteiger partial charge in [-0.05, 0) is 36.8 Å². The van der Waals surface area contributed by atoms with Crippen LogP contribution >= 0.6 is 22.9 Å². The smallest absolute Gasteiger partial charge is 0.265 e. The molecule has 3 aromatic rings. The molecule has 1 amide bonds. The molecule has 0 bridgehead atoms. The minimum absolute atomic E-state index is 0.221. The van der Waals surface area contributed by atoms with Crippen LogP contribution in [-0.4, -0.2) is 25.4 Å². The number of sulfonamides is 1. The fraction of sp³-hybridized carbons (Fsp3) is 0.158. The highest BCUT2D eigenvalue weighted by atomic mass is 35.5. The molecule has 150 valence electrons. The number of rotatable bonds is 5. The lowest BCUT2D eigenvalue weighted by Crippen LogP contribution is -2.34. The number of benzene rings is 2. The maximum atomic E-state index is 12.5. The summed E-state index contributed by atoms with van der Waals surface area (Å²) in [6, 6.07) is 12.1. The Balaban J connectivity index is 1.52. The van der Waals surface area contributed by atoms with Crippen LogP contribution in [0, 0.1) is 0 Å². The minimum Gasteiger partial charge on any atom is -0.479 e. The Labute approximate surface area is 176 Å². The third-order valence-corrected chi connectivity index (χ3v) is 6.71. The van der Waals surface area contributed by atoms with Crippen molar-refractivity contribution in [1.82, 2.24) is 4.98 Å². The highest BCUT2D eigenvalue weighted by Gasteiger charge is 2.24. The molecular formula is C19H16ClN3O4S2. The van der Waals surface area contributed by atoms with Gasteiger partial charge in [0.15, 0.2) is 11.2 Å². The molecule has 0 saturated carbocycles. The maximum Gasteiger partial charge on any atom is 0.265 e. The number of aromatic nitrogens is 1. The van der Waals surface area contributed by atoms with Crippen molar-refractivity contribution in [3.8, 4) is 17.0 Å². The summed E-state index contributed by atoms with van der Waals surface area (Å²) in [5.41, 5.74) is 2.38. The number of anilines is 2. The van der Waals surface area contributed by atoms with E-state index in [1.54, 1.807) is 54.8 Å². The number of nitrogens with zero attached hydrogens (tertiary/aromatic N) is 1. The second-order valence-corrected chi connectivity index (χ2v) is 9.44. The number of hydrogen-bond donors (Lipinski definition) is 2. The molecule has 0 spiro atoms. The van der Waals surface area contributed by atoms with Crippen LogP contribution in [0.15, 0.2) is 47.8 Å². The number of thiazole rings is 1. The second-order valence-electron chi connectivity index (χ2n) is 6.45. The summed E-state index contributed by atoms with van der Waals surface area (Å²) in [6.07, 6.45) is -0.549. The third-order valence-electron chi connectivity index (χ3n) is 4.26. The molecule has 4 rings (SSSR count). The van der Waals surface area contributed by atoms with E-state index < -0.39 is 16.1 Å². The number of fused-ring (bicyclic) bond motifs is 1. The van der Waals surface area contributed by atoms with Gasteiger partial charge in [-0.15, -0.1) is 11.3 Å². The van der Waals surface area contributed by atoms with Gasteiger partial charge < -0.3 is 10.1 Å². The fourth-order valence-electron chi connectivity index (χ4n) is 2.81. The number of amides is 1. The van der Waals surface area contributed by atoms with E-state index in [0.717, 1.165) is 5.56 Å². The van der Waals surface area contributed by atoms with Crippen LogP contribution in [0.1, 0.15) is 12.5 Å². The summed E-state index contributed by atoms with van der Waals surface area (Å²) in [5.74, 6) is 0.111. The second kappa shape index (κ2) is 7.66. The van der Waals surface area contributed by atoms with Gasteiger partial charge in [0.25, 0.3) is 5.91 Å². The molecule has 0 fully saturated rings. The Hall–Kier alpha value is -2.62. The van der Waals surface area contributed by atoms with Gasteiger partial charge in [0.2, 0.25) is 10.0 Å². The zero-order valence-corrected chi connectivity index (χ0v) is 17.6. The minimum atomic E-state index is -3.67. The average Bonchev–Trinajstić information content (AvgIpc) is 3.12. The van der Waals surface area contributed by atoms with Crippen molar-refractivity contribution in [2.75, 3.05) is 10.0 Å². The lowest BCUT2D eigenvalue weighted by Gasteiger charge is -2.23. The third kappa shape index (κ3) is 4.36. The summed E-state index contributed by atoms with van der Waals surface area (Å²) in [6.45, 7) is 1.67. The van der Waals surface area contributed by atoms with Crippen molar-refractivity contribution < 1.29 is 17.9 Å². The van der Waals surface area contributed by atoms with E-state index in [1.165, 1.54) is 11.3 Å². The van der Waals surface area contributed by atoms with Gasteiger partial charge >= 0.3 is 0 Å². The highest BCUT2D eigenvalue weighted by molar-refractivity contribution is 7.92. The molecular weight excluding hydrogens is 434 g/mol. The zero-order valence-electron chi connectivity index (χ0n) is 15.2. The molecule has 1 aromatic heterocycles. The van der Waals surface area contributed by atoms with Gasteiger partial charge in [0.1, 0.15) is 5.75 Å². The van der Waals surface area contributed by atoms with Gasteiger partial charge in [-0.25, -0.2) is 13.4 Å².